The van der Waals surface area contributed by atoms with E-state index < -0.39 is 0 Å². The molecule has 1 aromatic heterocycles. The molecule has 176 valence electrons. The number of nitrogens with zero attached hydrogens (tertiary/aromatic N) is 2. The van der Waals surface area contributed by atoms with E-state index in [1.807, 2.05) is 30.3 Å². The number of nitrogen functional groups attached to an aromatic ring is 1. The number of benzene rings is 3. The zero-order valence-corrected chi connectivity index (χ0v) is 19.2. The lowest BCUT2D eigenvalue weighted by molar-refractivity contribution is -0.113. The molecule has 0 radical (unpaired) electrons. The van der Waals surface area contributed by atoms with Crippen molar-refractivity contribution in [2.45, 2.75) is 5.16 Å². The van der Waals surface area contributed by atoms with Gasteiger partial charge < -0.3 is 25.9 Å². The molecule has 4 aromatic rings. The van der Waals surface area contributed by atoms with Crippen LogP contribution in [0.4, 0.5) is 11.4 Å². The fourth-order valence-corrected chi connectivity index (χ4v) is 4.21. The minimum atomic E-state index is -0.363. The lowest BCUT2D eigenvalue weighted by Crippen LogP contribution is -2.19. The van der Waals surface area contributed by atoms with Crippen LogP contribution in [-0.4, -0.2) is 34.0 Å². The van der Waals surface area contributed by atoms with Crippen LogP contribution in [0.2, 0.25) is 0 Å². The lowest BCUT2D eigenvalue weighted by atomic mass is 10.1. The number of amides is 2. The number of para-hydroxylation sites is 1. The first-order valence-corrected chi connectivity index (χ1v) is 11.7. The summed E-state index contributed by atoms with van der Waals surface area (Å²) in [6.07, 6.45) is 1.71. The number of nitrogens with one attached hydrogen (secondary N) is 2. The third-order valence-corrected chi connectivity index (χ3v) is 6.14. The molecular weight excluding hydrogens is 466 g/mol. The van der Waals surface area contributed by atoms with Crippen molar-refractivity contribution in [2.24, 2.45) is 0 Å². The maximum atomic E-state index is 12.9. The molecule has 0 bridgehead atoms. The second kappa shape index (κ2) is 9.82. The molecule has 10 heteroatoms. The monoisotopic (exact) mass is 487 g/mol. The lowest BCUT2D eigenvalue weighted by Gasteiger charge is -2.12. The standard InChI is InChI=1S/C25H21N5O4S/c26-30-13-20(16-6-2-1-3-7-16)29-25(30)35-14-23(31)28-19-9-5-4-8-18(19)24(32)27-17-10-11-21-22(12-17)34-15-33-21/h1-13H,14-15,26H2,(H,27,32)(H,28,31). The summed E-state index contributed by atoms with van der Waals surface area (Å²) in [7, 11) is 0. The number of rotatable bonds is 7. The number of carbonyl (C=O) groups excluding carboxylic acids is 2. The molecule has 3 aromatic carbocycles. The van der Waals surface area contributed by atoms with E-state index >= 15 is 0 Å². The van der Waals surface area contributed by atoms with E-state index in [0.717, 1.165) is 11.3 Å². The molecule has 4 N–H and O–H groups in total. The van der Waals surface area contributed by atoms with Crippen molar-refractivity contribution >= 4 is 35.0 Å². The van der Waals surface area contributed by atoms with Gasteiger partial charge in [0.25, 0.3) is 5.91 Å². The molecule has 0 aliphatic carbocycles. The Morgan fingerprint density at radius 1 is 0.971 bits per heavy atom. The van der Waals surface area contributed by atoms with Crippen LogP contribution in [-0.2, 0) is 4.79 Å². The van der Waals surface area contributed by atoms with Crippen LogP contribution in [0.15, 0.2) is 84.1 Å². The zero-order chi connectivity index (χ0) is 24.2. The van der Waals surface area contributed by atoms with Gasteiger partial charge in [0.05, 0.1) is 28.9 Å². The number of carbonyl (C=O) groups is 2. The summed E-state index contributed by atoms with van der Waals surface area (Å²) in [5.74, 6) is 6.63. The number of hydrogen-bond acceptors (Lipinski definition) is 7. The Kier molecular flexibility index (Phi) is 6.27. The predicted octanol–water partition coefficient (Wildman–Crippen LogP) is 3.98. The van der Waals surface area contributed by atoms with Crippen LogP contribution in [0.3, 0.4) is 0 Å². The molecule has 2 heterocycles. The minimum absolute atomic E-state index is 0.0700. The Labute approximate surface area is 205 Å². The number of nitrogens with two attached hydrogens (primary N) is 1. The number of ether oxygens (including phenoxy) is 2. The summed E-state index contributed by atoms with van der Waals surface area (Å²) in [5, 5.41) is 6.14. The maximum Gasteiger partial charge on any atom is 0.257 e. The van der Waals surface area contributed by atoms with E-state index in [-0.39, 0.29) is 24.4 Å². The highest BCUT2D eigenvalue weighted by Gasteiger charge is 2.17. The normalized spacial score (nSPS) is 11.8. The van der Waals surface area contributed by atoms with E-state index in [1.165, 1.54) is 16.4 Å². The van der Waals surface area contributed by atoms with Crippen molar-refractivity contribution in [3.63, 3.8) is 0 Å². The highest BCUT2D eigenvalue weighted by atomic mass is 32.2. The molecule has 0 saturated heterocycles. The highest BCUT2D eigenvalue weighted by Crippen LogP contribution is 2.34. The van der Waals surface area contributed by atoms with Crippen molar-refractivity contribution in [3.05, 3.63) is 84.6 Å². The van der Waals surface area contributed by atoms with Crippen molar-refractivity contribution < 1.29 is 19.1 Å². The van der Waals surface area contributed by atoms with Gasteiger partial charge in [-0.05, 0) is 24.3 Å². The van der Waals surface area contributed by atoms with Crippen LogP contribution in [0.1, 0.15) is 10.4 Å². The number of anilines is 2. The molecule has 1 aliphatic rings. The first kappa shape index (κ1) is 22.4. The number of fused-ring (bicyclic) bond motifs is 1. The Morgan fingerprint density at radius 2 is 1.74 bits per heavy atom. The first-order valence-electron chi connectivity index (χ1n) is 10.7. The molecule has 0 fully saturated rings. The molecule has 0 atom stereocenters. The summed E-state index contributed by atoms with van der Waals surface area (Å²) in [6, 6.07) is 21.6. The van der Waals surface area contributed by atoms with Crippen LogP contribution < -0.4 is 25.9 Å². The molecule has 0 saturated carbocycles. The van der Waals surface area contributed by atoms with E-state index in [2.05, 4.69) is 15.6 Å². The second-order valence-electron chi connectivity index (χ2n) is 7.59. The summed E-state index contributed by atoms with van der Waals surface area (Å²) in [4.78, 5) is 30.1. The maximum absolute atomic E-state index is 12.9. The van der Waals surface area contributed by atoms with E-state index in [9.17, 15) is 9.59 Å². The number of thioether (sulfide) groups is 1. The van der Waals surface area contributed by atoms with Gasteiger partial charge in [-0.2, -0.15) is 0 Å². The topological polar surface area (TPSA) is 120 Å². The third-order valence-electron chi connectivity index (χ3n) is 5.18. The molecule has 1 aliphatic heterocycles. The summed E-state index contributed by atoms with van der Waals surface area (Å²) in [6.45, 7) is 0.150. The van der Waals surface area contributed by atoms with Gasteiger partial charge in [0.1, 0.15) is 0 Å². The predicted molar refractivity (Wildman–Crippen MR) is 134 cm³/mol. The second-order valence-corrected chi connectivity index (χ2v) is 8.53. The van der Waals surface area contributed by atoms with Crippen LogP contribution in [0.5, 0.6) is 11.5 Å². The molecule has 35 heavy (non-hydrogen) atoms. The van der Waals surface area contributed by atoms with Crippen LogP contribution >= 0.6 is 11.8 Å². The van der Waals surface area contributed by atoms with Gasteiger partial charge in [0.15, 0.2) is 16.7 Å². The van der Waals surface area contributed by atoms with Crippen molar-refractivity contribution in [1.29, 1.82) is 0 Å². The fraction of sp³-hybridized carbons (Fsp3) is 0.0800. The van der Waals surface area contributed by atoms with Gasteiger partial charge in [0, 0.05) is 17.3 Å². The molecule has 0 spiro atoms. The van der Waals surface area contributed by atoms with Crippen LogP contribution in [0.25, 0.3) is 11.3 Å². The van der Waals surface area contributed by atoms with Gasteiger partial charge in [-0.25, -0.2) is 9.66 Å². The van der Waals surface area contributed by atoms with Gasteiger partial charge >= 0.3 is 0 Å². The van der Waals surface area contributed by atoms with E-state index in [0.29, 0.717) is 33.6 Å². The number of hydrogen-bond donors (Lipinski definition) is 3. The van der Waals surface area contributed by atoms with Gasteiger partial charge in [-0.1, -0.05) is 54.2 Å². The Morgan fingerprint density at radius 3 is 2.60 bits per heavy atom. The molecular formula is C25H21N5O4S. The highest BCUT2D eigenvalue weighted by molar-refractivity contribution is 7.99. The smallest absolute Gasteiger partial charge is 0.257 e. The minimum Gasteiger partial charge on any atom is -0.454 e. The third kappa shape index (κ3) is 5.07. The number of aromatic nitrogens is 2. The van der Waals surface area contributed by atoms with Crippen molar-refractivity contribution in [2.75, 3.05) is 29.0 Å². The van der Waals surface area contributed by atoms with Crippen LogP contribution in [0, 0.1) is 0 Å². The summed E-state index contributed by atoms with van der Waals surface area (Å²) < 4.78 is 12.0. The van der Waals surface area contributed by atoms with Gasteiger partial charge in [-0.3, -0.25) is 9.59 Å². The quantitative estimate of drug-likeness (QED) is 0.266. The van der Waals surface area contributed by atoms with Gasteiger partial charge in [0.2, 0.25) is 12.7 Å². The molecule has 5 rings (SSSR count). The number of imidazole rings is 1. The Balaban J connectivity index is 1.23. The van der Waals surface area contributed by atoms with Crippen molar-refractivity contribution in [3.8, 4) is 22.8 Å². The average Bonchev–Trinajstić information content (AvgIpc) is 3.49. The zero-order valence-electron chi connectivity index (χ0n) is 18.4. The van der Waals surface area contributed by atoms with E-state index in [1.54, 1.807) is 48.7 Å². The summed E-state index contributed by atoms with van der Waals surface area (Å²) in [5.41, 5.74) is 2.94. The first-order chi connectivity index (χ1) is 17.1. The molecule has 2 amide bonds. The Bertz CT molecular complexity index is 1390. The van der Waals surface area contributed by atoms with Crippen molar-refractivity contribution in [1.82, 2.24) is 9.66 Å². The molecule has 9 nitrogen and oxygen atoms in total. The molecule has 0 unspecified atom stereocenters. The average molecular weight is 488 g/mol. The summed E-state index contributed by atoms with van der Waals surface area (Å²) >= 11 is 1.21. The SMILES string of the molecule is Nn1cc(-c2ccccc2)nc1SCC(=O)Nc1ccccc1C(=O)Nc1ccc2c(c1)OCO2. The Hall–Kier alpha value is -4.44. The fourth-order valence-electron chi connectivity index (χ4n) is 3.51. The van der Waals surface area contributed by atoms with Gasteiger partial charge in [-0.15, -0.1) is 0 Å². The van der Waals surface area contributed by atoms with E-state index in [4.69, 9.17) is 15.3 Å². The largest absolute Gasteiger partial charge is 0.454 e.